The van der Waals surface area contributed by atoms with Crippen molar-refractivity contribution in [2.75, 3.05) is 41.3 Å². The standard InChI is InChI=1S/C6H16N2.2C2H4N4.2CHF3O3S.Pt/c1-7(2)5-6-8(3)4;2*3-1-6-2(4)5;2*2-1(3,4)8(5,6)7;/h5-6H2,1-4H3;2*(H4,4,5,6);2*(H,5,6,7);/q;;;;;+4/p-2. The maximum atomic E-state index is 10.7. The fourth-order valence-electron chi connectivity index (χ4n) is 0.515. The molecule has 25 heteroatoms. The molecule has 0 saturated heterocycles. The molecule has 8 N–H and O–H groups in total. The molecule has 0 amide bonds. The molecule has 0 saturated carbocycles. The number of hydrogen-bond donors (Lipinski definition) is 4. The van der Waals surface area contributed by atoms with Crippen LogP contribution in [0, 0.1) is 22.9 Å². The summed E-state index contributed by atoms with van der Waals surface area (Å²) in [6, 6.07) is 0. The summed E-state index contributed by atoms with van der Waals surface area (Å²) in [5.74, 6) is -0.394. The molecule has 0 atom stereocenters. The van der Waals surface area contributed by atoms with Gasteiger partial charge in [0.2, 0.25) is 24.3 Å². The van der Waals surface area contributed by atoms with Crippen LogP contribution < -0.4 is 22.9 Å². The minimum absolute atomic E-state index is 0. The molecular formula is C12H24F6N10O6PtS2+2. The molecule has 0 aromatic rings. The summed E-state index contributed by atoms with van der Waals surface area (Å²) in [4.78, 5) is 10.2. The Bertz CT molecular complexity index is 872. The molecule has 0 aromatic carbocycles. The van der Waals surface area contributed by atoms with Gasteiger partial charge in [-0.3, -0.25) is 0 Å². The maximum Gasteiger partial charge on any atom is 4.00 e. The monoisotopic (exact) mass is 777 g/mol. The van der Waals surface area contributed by atoms with E-state index in [2.05, 4.69) is 48.0 Å². The second kappa shape index (κ2) is 22.7. The van der Waals surface area contributed by atoms with Gasteiger partial charge in [0, 0.05) is 13.1 Å². The fourth-order valence-corrected chi connectivity index (χ4v) is 0.515. The van der Waals surface area contributed by atoms with Crippen molar-refractivity contribution >= 4 is 32.2 Å². The second-order valence-electron chi connectivity index (χ2n) is 5.68. The van der Waals surface area contributed by atoms with Crippen LogP contribution in [0.3, 0.4) is 0 Å². The molecule has 37 heavy (non-hydrogen) atoms. The number of likely N-dealkylation sites (N-methyl/N-ethyl adjacent to an activating group) is 2. The van der Waals surface area contributed by atoms with E-state index in [0.717, 1.165) is 13.1 Å². The zero-order chi connectivity index (χ0) is 30.6. The first-order valence-electron chi connectivity index (χ1n) is 7.96. The average molecular weight is 778 g/mol. The second-order valence-corrected chi connectivity index (χ2v) is 8.42. The number of nitrogens with two attached hydrogens (primary N) is 4. The third-order valence-corrected chi connectivity index (χ3v) is 3.05. The van der Waals surface area contributed by atoms with E-state index in [0.29, 0.717) is 0 Å². The molecule has 0 fully saturated rings. The number of halogens is 6. The van der Waals surface area contributed by atoms with Crippen molar-refractivity contribution in [1.82, 2.24) is 9.80 Å². The number of guanidine groups is 2. The minimum Gasteiger partial charge on any atom is -0.741 e. The molecule has 0 heterocycles. The SMILES string of the molecule is CN(C)CCN(C)C.N#CN=C(N)N.N#CN=C(N)N.O=S(=O)([O-])C(F)(F)F.O=S(=O)([O-])C(F)(F)F.[Pt+4]. The summed E-state index contributed by atoms with van der Waals surface area (Å²) in [6.45, 7) is 2.29. The van der Waals surface area contributed by atoms with Gasteiger partial charge in [-0.05, 0) is 28.2 Å². The maximum absolute atomic E-state index is 10.7. The molecule has 0 aromatic heterocycles. The van der Waals surface area contributed by atoms with Crippen LogP contribution in [-0.4, -0.2) is 100.0 Å². The van der Waals surface area contributed by atoms with E-state index in [1.165, 1.54) is 12.4 Å². The largest absolute Gasteiger partial charge is 4.00 e. The predicted octanol–water partition coefficient (Wildman–Crippen LogP) is -2.31. The van der Waals surface area contributed by atoms with Crippen molar-refractivity contribution in [2.24, 2.45) is 32.9 Å². The molecule has 220 valence electrons. The Morgan fingerprint density at radius 1 is 0.730 bits per heavy atom. The summed E-state index contributed by atoms with van der Waals surface area (Å²) >= 11 is 0. The summed E-state index contributed by atoms with van der Waals surface area (Å²) in [5, 5.41) is 15.3. The predicted molar refractivity (Wildman–Crippen MR) is 111 cm³/mol. The zero-order valence-corrected chi connectivity index (χ0v) is 23.2. The third-order valence-electron chi connectivity index (χ3n) is 1.92. The van der Waals surface area contributed by atoms with Gasteiger partial charge in [0.25, 0.3) is 0 Å². The van der Waals surface area contributed by atoms with Crippen molar-refractivity contribution in [1.29, 1.82) is 10.5 Å². The Labute approximate surface area is 223 Å². The molecular weight excluding hydrogens is 753 g/mol. The summed E-state index contributed by atoms with van der Waals surface area (Å²) < 4.78 is 118. The van der Waals surface area contributed by atoms with Gasteiger partial charge in [0.15, 0.2) is 20.2 Å². The summed E-state index contributed by atoms with van der Waals surface area (Å²) in [6.07, 6.45) is 2.81. The van der Waals surface area contributed by atoms with E-state index in [9.17, 15) is 26.3 Å². The van der Waals surface area contributed by atoms with Crippen molar-refractivity contribution in [3.63, 3.8) is 0 Å². The van der Waals surface area contributed by atoms with E-state index in [-0.39, 0.29) is 33.0 Å². The van der Waals surface area contributed by atoms with Crippen LogP contribution in [0.25, 0.3) is 0 Å². The van der Waals surface area contributed by atoms with Crippen molar-refractivity contribution in [2.45, 2.75) is 11.0 Å². The molecule has 0 spiro atoms. The van der Waals surface area contributed by atoms with E-state index in [1.54, 1.807) is 0 Å². The quantitative estimate of drug-likeness (QED) is 0.0585. The smallest absolute Gasteiger partial charge is 0.741 e. The van der Waals surface area contributed by atoms with Crippen LogP contribution in [-0.2, 0) is 41.3 Å². The summed E-state index contributed by atoms with van der Waals surface area (Å²) in [5.41, 5.74) is 7.54. The van der Waals surface area contributed by atoms with Gasteiger partial charge in [0.1, 0.15) is 0 Å². The Kier molecular flexibility index (Phi) is 29.3. The molecule has 0 unspecified atom stereocenters. The van der Waals surface area contributed by atoms with Crippen molar-refractivity contribution in [3.05, 3.63) is 0 Å². The van der Waals surface area contributed by atoms with Gasteiger partial charge < -0.3 is 41.8 Å². The fraction of sp³-hybridized carbons (Fsp3) is 0.667. The Morgan fingerprint density at radius 3 is 0.919 bits per heavy atom. The van der Waals surface area contributed by atoms with E-state index >= 15 is 0 Å². The van der Waals surface area contributed by atoms with Gasteiger partial charge in [0.05, 0.1) is 0 Å². The summed E-state index contributed by atoms with van der Waals surface area (Å²) in [7, 11) is -3.83. The van der Waals surface area contributed by atoms with Crippen LogP contribution in [0.1, 0.15) is 0 Å². The molecule has 0 bridgehead atoms. The van der Waals surface area contributed by atoms with E-state index < -0.39 is 31.3 Å². The first-order valence-corrected chi connectivity index (χ1v) is 10.8. The van der Waals surface area contributed by atoms with Crippen molar-refractivity contribution in [3.8, 4) is 12.4 Å². The Morgan fingerprint density at radius 2 is 0.892 bits per heavy atom. The van der Waals surface area contributed by atoms with Crippen LogP contribution in [0.15, 0.2) is 9.98 Å². The van der Waals surface area contributed by atoms with Crippen LogP contribution >= 0.6 is 0 Å². The third kappa shape index (κ3) is 47.4. The van der Waals surface area contributed by atoms with Gasteiger partial charge >= 0.3 is 32.1 Å². The Balaban J connectivity index is -0.0000000811. The molecule has 16 nitrogen and oxygen atoms in total. The van der Waals surface area contributed by atoms with Gasteiger partial charge in [-0.15, -0.1) is 9.98 Å². The van der Waals surface area contributed by atoms with Gasteiger partial charge in [-0.2, -0.15) is 36.9 Å². The zero-order valence-electron chi connectivity index (χ0n) is 19.3. The molecule has 0 radical (unpaired) electrons. The molecule has 0 aliphatic carbocycles. The average Bonchev–Trinajstić information content (AvgIpc) is 2.58. The Hall–Kier alpha value is -2.47. The first kappa shape index (κ1) is 47.7. The number of alkyl halides is 6. The number of nitrogens with zero attached hydrogens (tertiary/aromatic N) is 6. The van der Waals surface area contributed by atoms with Gasteiger partial charge in [-0.1, -0.05) is 0 Å². The number of aliphatic imine (C=N–C) groups is 2. The molecule has 0 aliphatic heterocycles. The topological polar surface area (TPSA) is 297 Å². The van der Waals surface area contributed by atoms with Crippen molar-refractivity contribution < 1.29 is 73.3 Å². The minimum atomic E-state index is -6.09. The number of hydrogen-bond acceptors (Lipinski definition) is 12. The normalized spacial score (nSPS) is 10.4. The van der Waals surface area contributed by atoms with Crippen LogP contribution in [0.4, 0.5) is 26.3 Å². The van der Waals surface area contributed by atoms with Gasteiger partial charge in [-0.25, -0.2) is 16.8 Å². The molecule has 0 rings (SSSR count). The van der Waals surface area contributed by atoms with Crippen LogP contribution in [0.2, 0.25) is 0 Å². The van der Waals surface area contributed by atoms with E-state index in [4.69, 9.17) is 59.4 Å². The number of nitriles is 2. The first-order chi connectivity index (χ1) is 15.7. The number of rotatable bonds is 3. The van der Waals surface area contributed by atoms with Crippen LogP contribution in [0.5, 0.6) is 0 Å². The molecule has 0 aliphatic rings. The van der Waals surface area contributed by atoms with E-state index in [1.807, 2.05) is 0 Å².